The molecule has 0 saturated carbocycles. The number of carbonyl (C=O) groups excluding carboxylic acids is 1. The first-order valence-corrected chi connectivity index (χ1v) is 7.33. The standard InChI is InChI=1S/C16H18F3NO3/c1-10-6-12(15(22)23)9-20(8-10)14(21)7-11-2-4-13(5-3-11)16(17,18)19/h2-5,10,12H,6-9H2,1H3,(H,22,23). The second-order valence-corrected chi connectivity index (χ2v) is 6.05. The maximum atomic E-state index is 12.5. The Bertz CT molecular complexity index is 583. The van der Waals surface area contributed by atoms with Gasteiger partial charge in [-0.1, -0.05) is 19.1 Å². The van der Waals surface area contributed by atoms with Crippen molar-refractivity contribution in [1.82, 2.24) is 4.90 Å². The van der Waals surface area contributed by atoms with Crippen molar-refractivity contribution in [2.45, 2.75) is 25.9 Å². The molecule has 0 bridgehead atoms. The van der Waals surface area contributed by atoms with Gasteiger partial charge in [-0.25, -0.2) is 0 Å². The van der Waals surface area contributed by atoms with Crippen molar-refractivity contribution in [3.05, 3.63) is 35.4 Å². The fourth-order valence-electron chi connectivity index (χ4n) is 2.83. The van der Waals surface area contributed by atoms with Crippen LogP contribution >= 0.6 is 0 Å². The predicted octanol–water partition coefficient (Wildman–Crippen LogP) is 2.82. The van der Waals surface area contributed by atoms with Crippen LogP contribution in [0.4, 0.5) is 13.2 Å². The third kappa shape index (κ3) is 4.46. The molecule has 2 atom stereocenters. The van der Waals surface area contributed by atoms with Gasteiger partial charge in [0.05, 0.1) is 17.9 Å². The molecule has 1 fully saturated rings. The van der Waals surface area contributed by atoms with Crippen LogP contribution in [0.15, 0.2) is 24.3 Å². The topological polar surface area (TPSA) is 57.6 Å². The zero-order valence-corrected chi connectivity index (χ0v) is 12.6. The number of carboxylic acid groups (broad SMARTS) is 1. The van der Waals surface area contributed by atoms with Crippen molar-refractivity contribution in [1.29, 1.82) is 0 Å². The van der Waals surface area contributed by atoms with Gasteiger partial charge in [-0.3, -0.25) is 9.59 Å². The van der Waals surface area contributed by atoms with Crippen LogP contribution in [0.5, 0.6) is 0 Å². The maximum absolute atomic E-state index is 12.5. The number of aliphatic carboxylic acids is 1. The van der Waals surface area contributed by atoms with Gasteiger partial charge in [-0.15, -0.1) is 0 Å². The molecule has 2 unspecified atom stereocenters. The van der Waals surface area contributed by atoms with Crippen LogP contribution in [-0.4, -0.2) is 35.0 Å². The number of benzene rings is 1. The molecule has 1 aliphatic rings. The number of amides is 1. The highest BCUT2D eigenvalue weighted by Crippen LogP contribution is 2.29. The Balaban J connectivity index is 2.02. The van der Waals surface area contributed by atoms with Crippen molar-refractivity contribution < 1.29 is 27.9 Å². The van der Waals surface area contributed by atoms with Gasteiger partial charge in [0, 0.05) is 13.1 Å². The SMILES string of the molecule is CC1CC(C(=O)O)CN(C(=O)Cc2ccc(C(F)(F)F)cc2)C1. The van der Waals surface area contributed by atoms with Gasteiger partial charge >= 0.3 is 12.1 Å². The number of rotatable bonds is 3. The second-order valence-electron chi connectivity index (χ2n) is 6.05. The lowest BCUT2D eigenvalue weighted by Crippen LogP contribution is -2.46. The molecule has 1 saturated heterocycles. The Labute approximate surface area is 131 Å². The summed E-state index contributed by atoms with van der Waals surface area (Å²) < 4.78 is 37.5. The van der Waals surface area contributed by atoms with Gasteiger partial charge in [-0.2, -0.15) is 13.2 Å². The molecule has 0 radical (unpaired) electrons. The van der Waals surface area contributed by atoms with Crippen molar-refractivity contribution in [3.63, 3.8) is 0 Å². The van der Waals surface area contributed by atoms with E-state index < -0.39 is 23.6 Å². The van der Waals surface area contributed by atoms with Crippen LogP contribution in [0.3, 0.4) is 0 Å². The Morgan fingerprint density at radius 3 is 2.35 bits per heavy atom. The summed E-state index contributed by atoms with van der Waals surface area (Å²) in [4.78, 5) is 24.9. The zero-order chi connectivity index (χ0) is 17.2. The van der Waals surface area contributed by atoms with Crippen LogP contribution in [0.1, 0.15) is 24.5 Å². The van der Waals surface area contributed by atoms with Gasteiger partial charge in [0.25, 0.3) is 0 Å². The molecule has 126 valence electrons. The number of hydrogen-bond acceptors (Lipinski definition) is 2. The van der Waals surface area contributed by atoms with Crippen molar-refractivity contribution in [3.8, 4) is 0 Å². The van der Waals surface area contributed by atoms with E-state index in [0.717, 1.165) is 12.1 Å². The molecule has 1 aliphatic heterocycles. The first kappa shape index (κ1) is 17.3. The lowest BCUT2D eigenvalue weighted by atomic mass is 9.90. The van der Waals surface area contributed by atoms with Gasteiger partial charge in [0.2, 0.25) is 5.91 Å². The molecule has 1 N–H and O–H groups in total. The van der Waals surface area contributed by atoms with E-state index in [1.165, 1.54) is 17.0 Å². The smallest absolute Gasteiger partial charge is 0.416 e. The number of piperidine rings is 1. The number of hydrogen-bond donors (Lipinski definition) is 1. The Hall–Kier alpha value is -2.05. The zero-order valence-electron chi connectivity index (χ0n) is 12.6. The van der Waals surface area contributed by atoms with E-state index in [4.69, 9.17) is 5.11 Å². The third-order valence-electron chi connectivity index (χ3n) is 4.00. The molecular weight excluding hydrogens is 311 g/mol. The molecule has 1 heterocycles. The summed E-state index contributed by atoms with van der Waals surface area (Å²) in [5.74, 6) is -1.69. The fourth-order valence-corrected chi connectivity index (χ4v) is 2.83. The lowest BCUT2D eigenvalue weighted by molar-refractivity contribution is -0.146. The minimum absolute atomic E-state index is 0.0306. The van der Waals surface area contributed by atoms with Crippen molar-refractivity contribution in [2.75, 3.05) is 13.1 Å². The monoisotopic (exact) mass is 329 g/mol. The largest absolute Gasteiger partial charge is 0.481 e. The van der Waals surface area contributed by atoms with E-state index in [-0.39, 0.29) is 24.8 Å². The highest BCUT2D eigenvalue weighted by Gasteiger charge is 2.32. The highest BCUT2D eigenvalue weighted by atomic mass is 19.4. The molecule has 2 rings (SSSR count). The second kappa shape index (κ2) is 6.60. The Kier molecular flexibility index (Phi) is 4.97. The average Bonchev–Trinajstić information content (AvgIpc) is 2.46. The highest BCUT2D eigenvalue weighted by molar-refractivity contribution is 5.80. The summed E-state index contributed by atoms with van der Waals surface area (Å²) in [6.45, 7) is 2.51. The molecule has 0 spiro atoms. The molecule has 0 aliphatic carbocycles. The van der Waals surface area contributed by atoms with E-state index in [2.05, 4.69) is 0 Å². The first-order valence-electron chi connectivity index (χ1n) is 7.33. The number of carboxylic acids is 1. The van der Waals surface area contributed by atoms with Crippen LogP contribution in [-0.2, 0) is 22.2 Å². The maximum Gasteiger partial charge on any atom is 0.416 e. The third-order valence-corrected chi connectivity index (χ3v) is 4.00. The van der Waals surface area contributed by atoms with E-state index in [1.54, 1.807) is 0 Å². The van der Waals surface area contributed by atoms with Crippen LogP contribution in [0.25, 0.3) is 0 Å². The molecule has 7 heteroatoms. The lowest BCUT2D eigenvalue weighted by Gasteiger charge is -2.34. The van der Waals surface area contributed by atoms with Crippen molar-refractivity contribution in [2.24, 2.45) is 11.8 Å². The van der Waals surface area contributed by atoms with E-state index >= 15 is 0 Å². The Morgan fingerprint density at radius 1 is 1.22 bits per heavy atom. The van der Waals surface area contributed by atoms with E-state index in [9.17, 15) is 22.8 Å². The van der Waals surface area contributed by atoms with E-state index in [0.29, 0.717) is 18.5 Å². The minimum atomic E-state index is -4.40. The molecule has 23 heavy (non-hydrogen) atoms. The normalized spacial score (nSPS) is 22.0. The summed E-state index contributed by atoms with van der Waals surface area (Å²) in [6, 6.07) is 4.45. The summed E-state index contributed by atoms with van der Waals surface area (Å²) in [6.07, 6.45) is -3.91. The first-order chi connectivity index (χ1) is 10.7. The van der Waals surface area contributed by atoms with Gasteiger partial charge in [0.1, 0.15) is 0 Å². The molecule has 0 aromatic heterocycles. The molecular formula is C16H18F3NO3. The van der Waals surface area contributed by atoms with Crippen molar-refractivity contribution >= 4 is 11.9 Å². The number of carbonyl (C=O) groups is 2. The number of alkyl halides is 3. The molecule has 1 aromatic rings. The summed E-state index contributed by atoms with van der Waals surface area (Å²) in [5, 5.41) is 9.11. The average molecular weight is 329 g/mol. The summed E-state index contributed by atoms with van der Waals surface area (Å²) >= 11 is 0. The summed E-state index contributed by atoms with van der Waals surface area (Å²) in [5.41, 5.74) is -0.278. The quantitative estimate of drug-likeness (QED) is 0.928. The summed E-state index contributed by atoms with van der Waals surface area (Å²) in [7, 11) is 0. The Morgan fingerprint density at radius 2 is 1.83 bits per heavy atom. The number of nitrogens with zero attached hydrogens (tertiary/aromatic N) is 1. The van der Waals surface area contributed by atoms with Crippen LogP contribution < -0.4 is 0 Å². The molecule has 1 aromatic carbocycles. The van der Waals surface area contributed by atoms with Gasteiger partial charge < -0.3 is 10.0 Å². The van der Waals surface area contributed by atoms with Gasteiger partial charge in [-0.05, 0) is 30.0 Å². The molecule has 1 amide bonds. The molecule has 4 nitrogen and oxygen atoms in total. The predicted molar refractivity (Wildman–Crippen MR) is 76.6 cm³/mol. The number of halogens is 3. The van der Waals surface area contributed by atoms with Crippen LogP contribution in [0.2, 0.25) is 0 Å². The minimum Gasteiger partial charge on any atom is -0.481 e. The number of likely N-dealkylation sites (tertiary alicyclic amines) is 1. The van der Waals surface area contributed by atoms with Crippen LogP contribution in [0, 0.1) is 11.8 Å². The van der Waals surface area contributed by atoms with E-state index in [1.807, 2.05) is 6.92 Å². The fraction of sp³-hybridized carbons (Fsp3) is 0.500. The van der Waals surface area contributed by atoms with Gasteiger partial charge in [0.15, 0.2) is 0 Å².